The minimum atomic E-state index is -0.676. The van der Waals surface area contributed by atoms with E-state index in [1.54, 1.807) is 0 Å². The molecule has 0 saturated carbocycles. The van der Waals surface area contributed by atoms with Gasteiger partial charge in [-0.2, -0.15) is 5.06 Å². The molecule has 0 aromatic carbocycles. The molecule has 1 heterocycles. The third-order valence-corrected chi connectivity index (χ3v) is 9.81. The van der Waals surface area contributed by atoms with Crippen LogP contribution in [0.3, 0.4) is 0 Å². The van der Waals surface area contributed by atoms with E-state index in [9.17, 15) is 9.59 Å². The summed E-state index contributed by atoms with van der Waals surface area (Å²) in [4.78, 5) is 31.8. The first-order chi connectivity index (χ1) is 22.4. The molecule has 46 heavy (non-hydrogen) atoms. The molecule has 1 N–H and O–H groups in total. The van der Waals surface area contributed by atoms with Gasteiger partial charge in [-0.3, -0.25) is 14.4 Å². The molecular formula is C39H76N2O5. The summed E-state index contributed by atoms with van der Waals surface area (Å²) in [7, 11) is 2.18. The van der Waals surface area contributed by atoms with Crippen molar-refractivity contribution in [3.05, 3.63) is 0 Å². The number of hydrogen-bond donors (Lipinski definition) is 1. The van der Waals surface area contributed by atoms with Crippen LogP contribution < -0.4 is 0 Å². The molecule has 1 fully saturated rings. The number of rotatable bonds is 33. The van der Waals surface area contributed by atoms with Crippen molar-refractivity contribution in [1.82, 2.24) is 9.96 Å². The van der Waals surface area contributed by atoms with Crippen LogP contribution in [-0.2, 0) is 19.2 Å². The van der Waals surface area contributed by atoms with E-state index in [1.807, 2.05) is 0 Å². The van der Waals surface area contributed by atoms with Crippen LogP contribution in [0, 0.1) is 5.92 Å². The van der Waals surface area contributed by atoms with E-state index in [2.05, 4.69) is 30.9 Å². The number of aliphatic carboxylic acids is 1. The zero-order chi connectivity index (χ0) is 33.5. The topological polar surface area (TPSA) is 79.3 Å². The molecule has 0 amide bonds. The smallest absolute Gasteiger partial charge is 0.305 e. The molecule has 1 aliphatic rings. The molecule has 1 aliphatic heterocycles. The van der Waals surface area contributed by atoms with Crippen molar-refractivity contribution in [3.63, 3.8) is 0 Å². The summed E-state index contributed by atoms with van der Waals surface area (Å²) in [6.07, 6.45) is 31.1. The van der Waals surface area contributed by atoms with Gasteiger partial charge >= 0.3 is 11.9 Å². The lowest BCUT2D eigenvalue weighted by Crippen LogP contribution is -2.45. The second-order valence-corrected chi connectivity index (χ2v) is 14.2. The van der Waals surface area contributed by atoms with Gasteiger partial charge in [-0.25, -0.2) is 0 Å². The number of carbonyl (C=O) groups excluding carboxylic acids is 1. The maximum Gasteiger partial charge on any atom is 0.305 e. The monoisotopic (exact) mass is 653 g/mol. The van der Waals surface area contributed by atoms with Crippen molar-refractivity contribution in [2.75, 3.05) is 39.8 Å². The number of ether oxygens (including phenoxy) is 1. The number of unbranched alkanes of at least 4 members (excludes halogenated alkanes) is 16. The molecule has 272 valence electrons. The predicted molar refractivity (Wildman–Crippen MR) is 192 cm³/mol. The third kappa shape index (κ3) is 26.8. The van der Waals surface area contributed by atoms with Crippen molar-refractivity contribution in [3.8, 4) is 0 Å². The Morgan fingerprint density at radius 3 is 1.54 bits per heavy atom. The molecule has 0 bridgehead atoms. The highest BCUT2D eigenvalue weighted by molar-refractivity contribution is 5.69. The summed E-state index contributed by atoms with van der Waals surface area (Å²) in [5.41, 5.74) is 0. The second-order valence-electron chi connectivity index (χ2n) is 14.2. The Labute approximate surface area is 284 Å². The lowest BCUT2D eigenvalue weighted by atomic mass is 9.92. The minimum Gasteiger partial charge on any atom is -0.481 e. The summed E-state index contributed by atoms with van der Waals surface area (Å²) in [5, 5.41) is 11.0. The van der Waals surface area contributed by atoms with E-state index in [4.69, 9.17) is 14.7 Å². The van der Waals surface area contributed by atoms with Crippen LogP contribution in [0.4, 0.5) is 0 Å². The summed E-state index contributed by atoms with van der Waals surface area (Å²) in [6.45, 7) is 9.28. The zero-order valence-corrected chi connectivity index (χ0v) is 30.8. The standard InChI is InChI=1S/C39H76N2O5/c1-4-6-18-24-36(25-19-7-5-2)30-35-45-39(44)29-23-17-13-9-11-15-21-27-37(46-41-33-31-40(3)32-34-41)26-20-14-10-8-12-16-22-28-38(42)43/h36-37H,4-35H2,1-3H3,(H,42,43). The molecule has 0 radical (unpaired) electrons. The van der Waals surface area contributed by atoms with Crippen molar-refractivity contribution >= 4 is 11.9 Å². The number of carbonyl (C=O) groups is 2. The highest BCUT2D eigenvalue weighted by Crippen LogP contribution is 2.22. The molecule has 1 atom stereocenters. The lowest BCUT2D eigenvalue weighted by molar-refractivity contribution is -0.214. The fraction of sp³-hybridized carbons (Fsp3) is 0.949. The molecule has 0 aromatic rings. The Hall–Kier alpha value is -1.18. The maximum absolute atomic E-state index is 12.3. The minimum absolute atomic E-state index is 0.00278. The van der Waals surface area contributed by atoms with Gasteiger partial charge in [-0.15, -0.1) is 0 Å². The number of nitrogens with zero attached hydrogens (tertiary/aromatic N) is 2. The van der Waals surface area contributed by atoms with Crippen molar-refractivity contribution in [2.24, 2.45) is 5.92 Å². The molecular weight excluding hydrogens is 576 g/mol. The normalized spacial score (nSPS) is 15.0. The van der Waals surface area contributed by atoms with Crippen LogP contribution in [0.2, 0.25) is 0 Å². The molecule has 1 saturated heterocycles. The first-order valence-electron chi connectivity index (χ1n) is 19.9. The number of hydroxylamine groups is 2. The van der Waals surface area contributed by atoms with Crippen LogP contribution in [0.5, 0.6) is 0 Å². The average molecular weight is 653 g/mol. The van der Waals surface area contributed by atoms with Gasteiger partial charge in [0.2, 0.25) is 0 Å². The molecule has 7 heteroatoms. The quantitative estimate of drug-likeness (QED) is 0.0558. The van der Waals surface area contributed by atoms with E-state index < -0.39 is 5.97 Å². The van der Waals surface area contributed by atoms with Crippen LogP contribution >= 0.6 is 0 Å². The van der Waals surface area contributed by atoms with Crippen LogP contribution in [0.25, 0.3) is 0 Å². The molecule has 1 rings (SSSR count). The Balaban J connectivity index is 2.13. The van der Waals surface area contributed by atoms with Crippen LogP contribution in [0.1, 0.15) is 187 Å². The Morgan fingerprint density at radius 2 is 1.04 bits per heavy atom. The van der Waals surface area contributed by atoms with E-state index in [0.29, 0.717) is 25.6 Å². The van der Waals surface area contributed by atoms with Gasteiger partial charge in [-0.05, 0) is 45.1 Å². The van der Waals surface area contributed by atoms with E-state index >= 15 is 0 Å². The Kier molecular flexibility index (Phi) is 29.0. The zero-order valence-electron chi connectivity index (χ0n) is 30.8. The number of carboxylic acids is 1. The van der Waals surface area contributed by atoms with Gasteiger partial charge in [-0.1, -0.05) is 142 Å². The second kappa shape index (κ2) is 31.1. The number of piperazine rings is 1. The predicted octanol–water partition coefficient (Wildman–Crippen LogP) is 10.4. The van der Waals surface area contributed by atoms with Crippen molar-refractivity contribution in [2.45, 2.75) is 193 Å². The summed E-state index contributed by atoms with van der Waals surface area (Å²) >= 11 is 0. The third-order valence-electron chi connectivity index (χ3n) is 9.81. The molecule has 0 spiro atoms. The van der Waals surface area contributed by atoms with Crippen molar-refractivity contribution in [1.29, 1.82) is 0 Å². The highest BCUT2D eigenvalue weighted by atomic mass is 16.7. The van der Waals surface area contributed by atoms with E-state index in [0.717, 1.165) is 83.5 Å². The Bertz CT molecular complexity index is 688. The molecule has 0 aromatic heterocycles. The Morgan fingerprint density at radius 1 is 0.587 bits per heavy atom. The van der Waals surface area contributed by atoms with Crippen molar-refractivity contribution < 1.29 is 24.3 Å². The fourth-order valence-corrected chi connectivity index (χ4v) is 6.62. The first kappa shape index (κ1) is 42.8. The van der Waals surface area contributed by atoms with Gasteiger partial charge in [0.05, 0.1) is 12.7 Å². The SMILES string of the molecule is CCCCCC(CCCCC)CCOC(=O)CCCCCCCCCC(CCCCCCCCCC(=O)O)ON1CCN(C)CC1. The number of hydrogen-bond acceptors (Lipinski definition) is 6. The summed E-state index contributed by atoms with van der Waals surface area (Å²) in [6, 6.07) is 0. The number of carboxylic acid groups (broad SMARTS) is 1. The number of esters is 1. The van der Waals surface area contributed by atoms with Crippen LogP contribution in [0.15, 0.2) is 0 Å². The fourth-order valence-electron chi connectivity index (χ4n) is 6.62. The molecule has 0 aliphatic carbocycles. The van der Waals surface area contributed by atoms with Crippen LogP contribution in [-0.4, -0.2) is 72.9 Å². The van der Waals surface area contributed by atoms with Gasteiger partial charge in [0.1, 0.15) is 0 Å². The first-order valence-corrected chi connectivity index (χ1v) is 19.9. The summed E-state index contributed by atoms with van der Waals surface area (Å²) in [5.74, 6) is 0.0479. The number of likely N-dealkylation sites (N-methyl/N-ethyl adjacent to an activating group) is 1. The molecule has 7 nitrogen and oxygen atoms in total. The highest BCUT2D eigenvalue weighted by Gasteiger charge is 2.19. The summed E-state index contributed by atoms with van der Waals surface area (Å²) < 4.78 is 5.62. The lowest BCUT2D eigenvalue weighted by Gasteiger charge is -2.34. The maximum atomic E-state index is 12.3. The van der Waals surface area contributed by atoms with Gasteiger partial charge in [0.25, 0.3) is 0 Å². The van der Waals surface area contributed by atoms with E-state index in [1.165, 1.54) is 109 Å². The average Bonchev–Trinajstić information content (AvgIpc) is 3.03. The molecule has 1 unspecified atom stereocenters. The van der Waals surface area contributed by atoms with Gasteiger partial charge in [0.15, 0.2) is 0 Å². The largest absolute Gasteiger partial charge is 0.481 e. The van der Waals surface area contributed by atoms with Gasteiger partial charge < -0.3 is 14.7 Å². The van der Waals surface area contributed by atoms with Gasteiger partial charge in [0, 0.05) is 39.0 Å². The van der Waals surface area contributed by atoms with E-state index in [-0.39, 0.29) is 5.97 Å².